The van der Waals surface area contributed by atoms with Crippen LogP contribution in [0.4, 0.5) is 11.6 Å². The molecular weight excluding hydrogens is 370 g/mol. The first kappa shape index (κ1) is 17.8. The Morgan fingerprint density at radius 2 is 1.93 bits per heavy atom. The van der Waals surface area contributed by atoms with Crippen molar-refractivity contribution in [3.05, 3.63) is 50.1 Å². The number of aryl methyl sites for hydroxylation is 1. The number of imidazole rings is 1. The fourth-order valence-corrected chi connectivity index (χ4v) is 3.57. The number of halogens is 1. The number of hydrogen-bond donors (Lipinski definition) is 0. The molecule has 3 heterocycles. The van der Waals surface area contributed by atoms with Crippen molar-refractivity contribution in [2.75, 3.05) is 24.7 Å². The van der Waals surface area contributed by atoms with Crippen molar-refractivity contribution in [3.63, 3.8) is 0 Å². The molecule has 0 N–H and O–H groups in total. The van der Waals surface area contributed by atoms with E-state index in [1.807, 2.05) is 40.7 Å². The SMILES string of the molecule is CCOCCn1c(=O)c2c(nc3n2CCN3c2ccc(Cl)cc2)n(C)c1=O. The smallest absolute Gasteiger partial charge is 0.332 e. The van der Waals surface area contributed by atoms with Gasteiger partial charge in [0, 0.05) is 37.5 Å². The molecule has 0 atom stereocenters. The van der Waals surface area contributed by atoms with Crippen LogP contribution >= 0.6 is 11.6 Å². The normalized spacial score (nSPS) is 13.5. The highest BCUT2D eigenvalue weighted by atomic mass is 35.5. The van der Waals surface area contributed by atoms with Crippen molar-refractivity contribution in [3.8, 4) is 0 Å². The van der Waals surface area contributed by atoms with Gasteiger partial charge in [-0.3, -0.25) is 13.9 Å². The molecule has 9 heteroatoms. The fourth-order valence-electron chi connectivity index (χ4n) is 3.44. The van der Waals surface area contributed by atoms with Crippen LogP contribution in [-0.2, 0) is 24.9 Å². The Labute approximate surface area is 160 Å². The Balaban J connectivity index is 1.85. The topological polar surface area (TPSA) is 74.3 Å². The fraction of sp³-hybridized carbons (Fsp3) is 0.389. The van der Waals surface area contributed by atoms with E-state index in [1.165, 1.54) is 9.13 Å². The third kappa shape index (κ3) is 2.85. The Kier molecular flexibility index (Phi) is 4.53. The van der Waals surface area contributed by atoms with Crippen molar-refractivity contribution < 1.29 is 4.74 Å². The van der Waals surface area contributed by atoms with E-state index in [1.54, 1.807) is 7.05 Å². The molecule has 0 unspecified atom stereocenters. The highest BCUT2D eigenvalue weighted by Crippen LogP contribution is 2.32. The maximum atomic E-state index is 13.0. The second-order valence-corrected chi connectivity index (χ2v) is 6.80. The first-order valence-corrected chi connectivity index (χ1v) is 9.21. The third-order valence-electron chi connectivity index (χ3n) is 4.80. The first-order chi connectivity index (χ1) is 13.0. The molecule has 0 saturated carbocycles. The van der Waals surface area contributed by atoms with Gasteiger partial charge in [-0.15, -0.1) is 0 Å². The molecule has 0 radical (unpaired) electrons. The van der Waals surface area contributed by atoms with Gasteiger partial charge in [-0.25, -0.2) is 4.79 Å². The first-order valence-electron chi connectivity index (χ1n) is 8.84. The van der Waals surface area contributed by atoms with Crippen LogP contribution in [0.2, 0.25) is 5.02 Å². The summed E-state index contributed by atoms with van der Waals surface area (Å²) in [5.74, 6) is 0.655. The predicted octanol–water partition coefficient (Wildman–Crippen LogP) is 1.74. The molecule has 1 aromatic carbocycles. The van der Waals surface area contributed by atoms with E-state index in [0.717, 1.165) is 5.69 Å². The zero-order chi connectivity index (χ0) is 19.1. The van der Waals surface area contributed by atoms with Gasteiger partial charge in [0.15, 0.2) is 11.2 Å². The van der Waals surface area contributed by atoms with Gasteiger partial charge < -0.3 is 14.2 Å². The van der Waals surface area contributed by atoms with E-state index in [2.05, 4.69) is 4.98 Å². The van der Waals surface area contributed by atoms with Crippen LogP contribution in [0.3, 0.4) is 0 Å². The number of fused-ring (bicyclic) bond motifs is 3. The van der Waals surface area contributed by atoms with Crippen LogP contribution in [0, 0.1) is 0 Å². The number of rotatable bonds is 5. The van der Waals surface area contributed by atoms with Gasteiger partial charge in [0.1, 0.15) is 0 Å². The summed E-state index contributed by atoms with van der Waals surface area (Å²) in [5.41, 5.74) is 1.06. The van der Waals surface area contributed by atoms with E-state index in [0.29, 0.717) is 48.4 Å². The highest BCUT2D eigenvalue weighted by molar-refractivity contribution is 6.30. The largest absolute Gasteiger partial charge is 0.380 e. The van der Waals surface area contributed by atoms with Gasteiger partial charge in [-0.1, -0.05) is 11.6 Å². The average molecular weight is 390 g/mol. The molecule has 1 aliphatic rings. The van der Waals surface area contributed by atoms with E-state index in [-0.39, 0.29) is 17.8 Å². The van der Waals surface area contributed by atoms with Crippen LogP contribution in [-0.4, -0.2) is 38.4 Å². The van der Waals surface area contributed by atoms with Gasteiger partial charge in [0.05, 0.1) is 13.2 Å². The quantitative estimate of drug-likeness (QED) is 0.621. The molecule has 27 heavy (non-hydrogen) atoms. The Bertz CT molecular complexity index is 1110. The molecule has 3 aromatic rings. The molecular formula is C18H20ClN5O3. The summed E-state index contributed by atoms with van der Waals surface area (Å²) in [6, 6.07) is 7.46. The lowest BCUT2D eigenvalue weighted by atomic mass is 10.3. The minimum atomic E-state index is -0.387. The lowest BCUT2D eigenvalue weighted by Crippen LogP contribution is -2.40. The van der Waals surface area contributed by atoms with Crippen LogP contribution in [0.25, 0.3) is 11.2 Å². The molecule has 0 saturated heterocycles. The molecule has 4 rings (SSSR count). The maximum absolute atomic E-state index is 13.0. The zero-order valence-corrected chi connectivity index (χ0v) is 15.9. The molecule has 0 bridgehead atoms. The molecule has 1 aliphatic heterocycles. The van der Waals surface area contributed by atoms with E-state index in [9.17, 15) is 9.59 Å². The van der Waals surface area contributed by atoms with Crippen molar-refractivity contribution >= 4 is 34.4 Å². The van der Waals surface area contributed by atoms with Crippen molar-refractivity contribution in [2.24, 2.45) is 7.05 Å². The molecule has 0 fully saturated rings. The van der Waals surface area contributed by atoms with E-state index in [4.69, 9.17) is 16.3 Å². The van der Waals surface area contributed by atoms with E-state index >= 15 is 0 Å². The van der Waals surface area contributed by atoms with Crippen LogP contribution < -0.4 is 16.1 Å². The van der Waals surface area contributed by atoms with Gasteiger partial charge in [-0.2, -0.15) is 4.98 Å². The Morgan fingerprint density at radius 1 is 1.19 bits per heavy atom. The summed E-state index contributed by atoms with van der Waals surface area (Å²) in [5, 5.41) is 0.658. The van der Waals surface area contributed by atoms with E-state index < -0.39 is 0 Å². The number of hydrogen-bond acceptors (Lipinski definition) is 5. The van der Waals surface area contributed by atoms with Crippen molar-refractivity contribution in [1.82, 2.24) is 18.7 Å². The minimum absolute atomic E-state index is 0.219. The van der Waals surface area contributed by atoms with Crippen LogP contribution in [0.5, 0.6) is 0 Å². The predicted molar refractivity (Wildman–Crippen MR) is 104 cm³/mol. The average Bonchev–Trinajstić information content (AvgIpc) is 3.23. The molecule has 142 valence electrons. The lowest BCUT2D eigenvalue weighted by Gasteiger charge is -2.15. The molecule has 8 nitrogen and oxygen atoms in total. The summed E-state index contributed by atoms with van der Waals surface area (Å²) >= 11 is 5.98. The van der Waals surface area contributed by atoms with Gasteiger partial charge in [0.25, 0.3) is 5.56 Å². The molecule has 0 amide bonds. The third-order valence-corrected chi connectivity index (χ3v) is 5.05. The maximum Gasteiger partial charge on any atom is 0.332 e. The van der Waals surface area contributed by atoms with Gasteiger partial charge in [0.2, 0.25) is 5.95 Å². The Morgan fingerprint density at radius 3 is 2.63 bits per heavy atom. The molecule has 0 spiro atoms. The summed E-state index contributed by atoms with van der Waals surface area (Å²) in [7, 11) is 1.64. The van der Waals surface area contributed by atoms with Crippen molar-refractivity contribution in [1.29, 1.82) is 0 Å². The lowest BCUT2D eigenvalue weighted by molar-refractivity contribution is 0.137. The number of ether oxygens (including phenoxy) is 1. The molecule has 2 aromatic heterocycles. The number of nitrogens with zero attached hydrogens (tertiary/aromatic N) is 5. The molecule has 0 aliphatic carbocycles. The van der Waals surface area contributed by atoms with Gasteiger partial charge >= 0.3 is 5.69 Å². The highest BCUT2D eigenvalue weighted by Gasteiger charge is 2.28. The number of aromatic nitrogens is 4. The Hall–Kier alpha value is -2.58. The zero-order valence-electron chi connectivity index (χ0n) is 15.2. The second-order valence-electron chi connectivity index (χ2n) is 6.36. The van der Waals surface area contributed by atoms with Crippen LogP contribution in [0.15, 0.2) is 33.9 Å². The standard InChI is InChI=1S/C18H20ClN5O3/c1-3-27-11-10-24-16(25)14-15(21(2)18(24)26)20-17-22(8-9-23(14)17)13-6-4-12(19)5-7-13/h4-7H,3,8-11H2,1-2H3. The summed E-state index contributed by atoms with van der Waals surface area (Å²) in [4.78, 5) is 32.2. The summed E-state index contributed by atoms with van der Waals surface area (Å²) in [6.45, 7) is 4.26. The van der Waals surface area contributed by atoms with Crippen molar-refractivity contribution in [2.45, 2.75) is 20.0 Å². The minimum Gasteiger partial charge on any atom is -0.380 e. The number of anilines is 2. The monoisotopic (exact) mass is 389 g/mol. The second kappa shape index (κ2) is 6.86. The number of benzene rings is 1. The van der Waals surface area contributed by atoms with Gasteiger partial charge in [-0.05, 0) is 31.2 Å². The summed E-state index contributed by atoms with van der Waals surface area (Å²) < 4.78 is 9.83. The summed E-state index contributed by atoms with van der Waals surface area (Å²) in [6.07, 6.45) is 0. The van der Waals surface area contributed by atoms with Crippen LogP contribution in [0.1, 0.15) is 6.92 Å².